The number of nitrogens with one attached hydrogen (secondary N) is 2. The van der Waals surface area contributed by atoms with Crippen LogP contribution in [0.25, 0.3) is 16.9 Å². The number of alkyl halides is 3. The minimum Gasteiger partial charge on any atom is -0.480 e. The molecule has 1 aromatic carbocycles. The van der Waals surface area contributed by atoms with Gasteiger partial charge in [0.15, 0.2) is 11.5 Å². The summed E-state index contributed by atoms with van der Waals surface area (Å²) >= 11 is 0. The van der Waals surface area contributed by atoms with Crippen molar-refractivity contribution in [2.45, 2.75) is 26.3 Å². The number of ether oxygens (including phenoxy) is 2. The van der Waals surface area contributed by atoms with Gasteiger partial charge in [-0.05, 0) is 42.8 Å². The van der Waals surface area contributed by atoms with Crippen LogP contribution in [0.2, 0.25) is 0 Å². The summed E-state index contributed by atoms with van der Waals surface area (Å²) < 4.78 is 48.4. The quantitative estimate of drug-likeness (QED) is 0.380. The zero-order chi connectivity index (χ0) is 26.7. The second-order valence-electron chi connectivity index (χ2n) is 7.92. The van der Waals surface area contributed by atoms with Crippen molar-refractivity contribution < 1.29 is 32.2 Å². The van der Waals surface area contributed by atoms with E-state index in [1.54, 1.807) is 31.3 Å². The molecular formula is C24H21F3N6O4. The zero-order valence-electron chi connectivity index (χ0n) is 19.8. The number of aromatic nitrogens is 4. The second-order valence-corrected chi connectivity index (χ2v) is 7.92. The van der Waals surface area contributed by atoms with Gasteiger partial charge < -0.3 is 20.1 Å². The molecule has 0 aliphatic carbocycles. The van der Waals surface area contributed by atoms with E-state index in [0.717, 1.165) is 0 Å². The molecule has 0 spiro atoms. The molecule has 10 nitrogen and oxygen atoms in total. The van der Waals surface area contributed by atoms with Gasteiger partial charge in [-0.2, -0.15) is 5.10 Å². The van der Waals surface area contributed by atoms with Gasteiger partial charge in [-0.3, -0.25) is 9.59 Å². The van der Waals surface area contributed by atoms with Crippen molar-refractivity contribution in [3.8, 4) is 22.9 Å². The van der Waals surface area contributed by atoms with Gasteiger partial charge in [0.2, 0.25) is 11.8 Å². The first kappa shape index (κ1) is 25.4. The number of rotatable bonds is 7. The molecule has 4 aromatic rings. The Morgan fingerprint density at radius 2 is 1.92 bits per heavy atom. The first-order valence-electron chi connectivity index (χ1n) is 10.9. The molecule has 4 rings (SSSR count). The molecule has 1 unspecified atom stereocenters. The Balaban J connectivity index is 1.58. The monoisotopic (exact) mass is 514 g/mol. The fourth-order valence-electron chi connectivity index (χ4n) is 3.53. The summed E-state index contributed by atoms with van der Waals surface area (Å²) in [6, 6.07) is 9.59. The molecule has 0 saturated carbocycles. The van der Waals surface area contributed by atoms with Gasteiger partial charge in [0, 0.05) is 18.7 Å². The molecule has 37 heavy (non-hydrogen) atoms. The summed E-state index contributed by atoms with van der Waals surface area (Å²) in [7, 11) is 1.36. The predicted octanol–water partition coefficient (Wildman–Crippen LogP) is 4.15. The van der Waals surface area contributed by atoms with Crippen molar-refractivity contribution in [1.82, 2.24) is 24.9 Å². The Hall–Kier alpha value is -4.68. The number of hydrogen-bond donors (Lipinski definition) is 2. The van der Waals surface area contributed by atoms with Gasteiger partial charge in [-0.15, -0.1) is 13.2 Å². The average Bonchev–Trinajstić information content (AvgIpc) is 3.23. The lowest BCUT2D eigenvalue weighted by molar-refractivity contribution is -0.274. The Kier molecular flexibility index (Phi) is 6.96. The van der Waals surface area contributed by atoms with Gasteiger partial charge in [-0.25, -0.2) is 14.5 Å². The average molecular weight is 514 g/mol. The lowest BCUT2D eigenvalue weighted by Gasteiger charge is -2.17. The van der Waals surface area contributed by atoms with Crippen molar-refractivity contribution in [3.63, 3.8) is 0 Å². The van der Waals surface area contributed by atoms with E-state index < -0.39 is 24.1 Å². The summed E-state index contributed by atoms with van der Waals surface area (Å²) in [6.07, 6.45) is -1.80. The number of hydrogen-bond acceptors (Lipinski definition) is 7. The molecule has 0 aliphatic rings. The molecule has 1 atom stereocenters. The number of benzene rings is 1. The SMILES string of the molecule is COc1ncc(-c2ccc3nc(NC(C)=O)cn3n2)cc1C(=O)NC(C)c1cccc(OC(F)(F)F)c1. The third-order valence-electron chi connectivity index (χ3n) is 5.15. The number of nitrogens with zero attached hydrogens (tertiary/aromatic N) is 4. The summed E-state index contributed by atoms with van der Waals surface area (Å²) in [6.45, 7) is 2.99. The van der Waals surface area contributed by atoms with Crippen molar-refractivity contribution in [3.05, 3.63) is 66.0 Å². The maximum absolute atomic E-state index is 13.1. The highest BCUT2D eigenvalue weighted by Crippen LogP contribution is 2.27. The number of pyridine rings is 1. The number of anilines is 1. The van der Waals surface area contributed by atoms with Gasteiger partial charge >= 0.3 is 6.36 Å². The molecule has 0 radical (unpaired) electrons. The predicted molar refractivity (Wildman–Crippen MR) is 126 cm³/mol. The van der Waals surface area contributed by atoms with E-state index in [0.29, 0.717) is 28.3 Å². The van der Waals surface area contributed by atoms with E-state index >= 15 is 0 Å². The van der Waals surface area contributed by atoms with Crippen LogP contribution < -0.4 is 20.1 Å². The van der Waals surface area contributed by atoms with Crippen molar-refractivity contribution in [2.75, 3.05) is 12.4 Å². The Labute approximate surface area is 208 Å². The lowest BCUT2D eigenvalue weighted by atomic mass is 10.1. The van der Waals surface area contributed by atoms with E-state index in [1.165, 1.54) is 49.0 Å². The number of imidazole rings is 1. The van der Waals surface area contributed by atoms with E-state index in [2.05, 4.69) is 30.4 Å². The normalized spacial score (nSPS) is 12.2. The minimum atomic E-state index is -4.83. The minimum absolute atomic E-state index is 0.0549. The van der Waals surface area contributed by atoms with Crippen LogP contribution in [0, 0.1) is 0 Å². The number of carbonyl (C=O) groups is 2. The summed E-state index contributed by atoms with van der Waals surface area (Å²) in [4.78, 5) is 32.8. The van der Waals surface area contributed by atoms with Gasteiger partial charge in [-0.1, -0.05) is 12.1 Å². The molecule has 13 heteroatoms. The molecule has 0 aliphatic heterocycles. The van der Waals surface area contributed by atoms with Crippen LogP contribution in [-0.2, 0) is 4.79 Å². The number of halogens is 3. The number of fused-ring (bicyclic) bond motifs is 1. The van der Waals surface area contributed by atoms with Crippen LogP contribution in [0.3, 0.4) is 0 Å². The standard InChI is InChI=1S/C24H21F3N6O4/c1-13(15-5-4-6-17(9-15)37-24(25,26)27)29-22(35)18-10-16(11-28-23(18)36-3)19-7-8-21-31-20(30-14(2)34)12-33(21)32-19/h4-13H,1-3H3,(H,29,35)(H,30,34). The highest BCUT2D eigenvalue weighted by atomic mass is 19.4. The summed E-state index contributed by atoms with van der Waals surface area (Å²) in [5.74, 6) is -0.831. The highest BCUT2D eigenvalue weighted by Gasteiger charge is 2.31. The van der Waals surface area contributed by atoms with Gasteiger partial charge in [0.1, 0.15) is 11.3 Å². The molecular weight excluding hydrogens is 493 g/mol. The van der Waals surface area contributed by atoms with Crippen LogP contribution in [0.5, 0.6) is 11.6 Å². The second kappa shape index (κ2) is 10.1. The van der Waals surface area contributed by atoms with E-state index in [1.807, 2.05) is 0 Å². The van der Waals surface area contributed by atoms with E-state index in [9.17, 15) is 22.8 Å². The molecule has 2 N–H and O–H groups in total. The molecule has 3 heterocycles. The van der Waals surface area contributed by atoms with Crippen molar-refractivity contribution >= 4 is 23.3 Å². The van der Waals surface area contributed by atoms with Crippen LogP contribution in [0.15, 0.2) is 54.9 Å². The smallest absolute Gasteiger partial charge is 0.480 e. The summed E-state index contributed by atoms with van der Waals surface area (Å²) in [5, 5.41) is 9.78. The molecule has 0 bridgehead atoms. The number of amides is 2. The number of carbonyl (C=O) groups excluding carboxylic acids is 2. The van der Waals surface area contributed by atoms with Crippen molar-refractivity contribution in [2.24, 2.45) is 0 Å². The first-order chi connectivity index (χ1) is 17.5. The van der Waals surface area contributed by atoms with E-state index in [4.69, 9.17) is 4.74 Å². The Morgan fingerprint density at radius 1 is 1.14 bits per heavy atom. The largest absolute Gasteiger partial charge is 0.573 e. The fraction of sp³-hybridized carbons (Fsp3) is 0.208. The third kappa shape index (κ3) is 6.12. The topological polar surface area (TPSA) is 120 Å². The van der Waals surface area contributed by atoms with Crippen LogP contribution in [0.1, 0.15) is 35.8 Å². The highest BCUT2D eigenvalue weighted by molar-refractivity contribution is 5.97. The molecule has 0 saturated heterocycles. The molecule has 3 aromatic heterocycles. The fourth-order valence-corrected chi connectivity index (χ4v) is 3.53. The maximum Gasteiger partial charge on any atom is 0.573 e. The lowest BCUT2D eigenvalue weighted by Crippen LogP contribution is -2.27. The van der Waals surface area contributed by atoms with Crippen LogP contribution in [-0.4, -0.2) is 44.9 Å². The Bertz CT molecular complexity index is 1470. The van der Waals surface area contributed by atoms with Gasteiger partial charge in [0.25, 0.3) is 5.91 Å². The maximum atomic E-state index is 13.1. The van der Waals surface area contributed by atoms with Crippen molar-refractivity contribution in [1.29, 1.82) is 0 Å². The van der Waals surface area contributed by atoms with Gasteiger partial charge in [0.05, 0.1) is 25.0 Å². The molecule has 2 amide bonds. The van der Waals surface area contributed by atoms with Crippen LogP contribution in [0.4, 0.5) is 19.0 Å². The molecule has 0 fully saturated rings. The Morgan fingerprint density at radius 3 is 2.62 bits per heavy atom. The van der Waals surface area contributed by atoms with Crippen LogP contribution >= 0.6 is 0 Å². The zero-order valence-corrected chi connectivity index (χ0v) is 19.8. The third-order valence-corrected chi connectivity index (χ3v) is 5.15. The number of methoxy groups -OCH3 is 1. The molecule has 192 valence electrons. The first-order valence-corrected chi connectivity index (χ1v) is 10.9. The summed E-state index contributed by atoms with van der Waals surface area (Å²) in [5.41, 5.74) is 1.96. The van der Waals surface area contributed by atoms with E-state index in [-0.39, 0.29) is 17.4 Å².